The molecule has 1 aromatic carbocycles. The highest BCUT2D eigenvalue weighted by Crippen LogP contribution is 2.44. The second-order valence-corrected chi connectivity index (χ2v) is 9.74. The third-order valence-electron chi connectivity index (χ3n) is 6.11. The van der Waals surface area contributed by atoms with Gasteiger partial charge in [-0.25, -0.2) is 4.98 Å². The van der Waals surface area contributed by atoms with Crippen LogP contribution in [-0.4, -0.2) is 48.6 Å². The molecule has 1 fully saturated rings. The number of aromatic nitrogens is 1. The summed E-state index contributed by atoms with van der Waals surface area (Å²) >= 11 is 1.05. The molecule has 1 aliphatic carbocycles. The third kappa shape index (κ3) is 5.91. The highest BCUT2D eigenvalue weighted by molar-refractivity contribution is 8.00. The maximum atomic E-state index is 12.6. The molecular weight excluding hydrogens is 464 g/mol. The zero-order valence-electron chi connectivity index (χ0n) is 19.7. The van der Waals surface area contributed by atoms with Crippen LogP contribution in [0, 0.1) is 28.1 Å². The molecule has 35 heavy (non-hydrogen) atoms. The number of hydrogen-bond donors (Lipinski definition) is 3. The van der Waals surface area contributed by atoms with E-state index >= 15 is 0 Å². The van der Waals surface area contributed by atoms with E-state index in [0.29, 0.717) is 24.1 Å². The van der Waals surface area contributed by atoms with Crippen molar-refractivity contribution < 1.29 is 14.7 Å². The van der Waals surface area contributed by atoms with Gasteiger partial charge in [0.1, 0.15) is 28.2 Å². The molecule has 1 heterocycles. The van der Waals surface area contributed by atoms with E-state index in [2.05, 4.69) is 22.4 Å². The Bertz CT molecular complexity index is 1180. The molecule has 0 radical (unpaired) electrons. The maximum absolute atomic E-state index is 12.6. The van der Waals surface area contributed by atoms with Crippen LogP contribution in [0.25, 0.3) is 0 Å². The molecule has 3 rings (SSSR count). The Morgan fingerprint density at radius 1 is 1.26 bits per heavy atom. The second kappa shape index (κ2) is 11.2. The highest BCUT2D eigenvalue weighted by atomic mass is 32.2. The van der Waals surface area contributed by atoms with Crippen LogP contribution in [0.5, 0.6) is 0 Å². The van der Waals surface area contributed by atoms with Crippen molar-refractivity contribution in [2.75, 3.05) is 31.6 Å². The molecule has 0 spiro atoms. The number of thioether (sulfide) groups is 1. The molecule has 1 aliphatic rings. The van der Waals surface area contributed by atoms with Crippen LogP contribution in [0.2, 0.25) is 0 Å². The Hall–Kier alpha value is -3.60. The molecule has 9 nitrogen and oxygen atoms in total. The molecule has 182 valence electrons. The first-order chi connectivity index (χ1) is 16.8. The van der Waals surface area contributed by atoms with Gasteiger partial charge in [-0.2, -0.15) is 10.5 Å². The van der Waals surface area contributed by atoms with E-state index in [0.717, 1.165) is 24.6 Å². The van der Waals surface area contributed by atoms with Gasteiger partial charge in [-0.15, -0.1) is 0 Å². The van der Waals surface area contributed by atoms with E-state index in [4.69, 9.17) is 5.73 Å². The number of hydrogen-bond acceptors (Lipinski definition) is 8. The Kier molecular flexibility index (Phi) is 8.34. The Labute approximate surface area is 208 Å². The molecule has 0 bridgehead atoms. The number of carbonyl (C=O) groups is 2. The number of nitrogens with zero attached hydrogens (tertiary/aromatic N) is 4. The van der Waals surface area contributed by atoms with Gasteiger partial charge in [0, 0.05) is 19.0 Å². The number of aliphatic hydroxyl groups is 1. The monoisotopic (exact) mass is 492 g/mol. The van der Waals surface area contributed by atoms with E-state index in [9.17, 15) is 25.2 Å². The summed E-state index contributed by atoms with van der Waals surface area (Å²) in [4.78, 5) is 31.0. The molecular formula is C25H28N6O3S. The second-order valence-electron chi connectivity index (χ2n) is 8.65. The maximum Gasteiger partial charge on any atom is 0.239 e. The van der Waals surface area contributed by atoms with Crippen LogP contribution in [-0.2, 0) is 16.0 Å². The number of pyridine rings is 1. The standard InChI is InChI=1S/C25H28N6O3S/c1-3-17-18(11-26)23(31(2)13-20(33)29-14-25(15-32)9-10-25)30-24(19(17)12-27)35-21(22(28)34)16-7-5-4-6-8-16/h4-8,21,32H,3,9-10,13-15H2,1-2H3,(H2,28,34)(H,29,33). The van der Waals surface area contributed by atoms with Gasteiger partial charge in [-0.05, 0) is 30.4 Å². The average molecular weight is 493 g/mol. The molecule has 0 saturated heterocycles. The number of primary amides is 1. The predicted octanol–water partition coefficient (Wildman–Crippen LogP) is 2.03. The van der Waals surface area contributed by atoms with Gasteiger partial charge in [-0.1, -0.05) is 49.0 Å². The van der Waals surface area contributed by atoms with Crippen molar-refractivity contribution in [3.05, 3.63) is 52.6 Å². The van der Waals surface area contributed by atoms with Gasteiger partial charge in [0.15, 0.2) is 0 Å². The summed E-state index contributed by atoms with van der Waals surface area (Å²) in [6.07, 6.45) is 2.14. The number of likely N-dealkylation sites (N-methyl/N-ethyl adjacent to an activating group) is 1. The van der Waals surface area contributed by atoms with Crippen LogP contribution in [0.1, 0.15) is 47.3 Å². The van der Waals surface area contributed by atoms with Crippen LogP contribution in [0.15, 0.2) is 35.4 Å². The lowest BCUT2D eigenvalue weighted by atomic mass is 10.0. The van der Waals surface area contributed by atoms with Gasteiger partial charge >= 0.3 is 0 Å². The van der Waals surface area contributed by atoms with Crippen molar-refractivity contribution in [3.8, 4) is 12.1 Å². The molecule has 4 N–H and O–H groups in total. The first-order valence-corrected chi connectivity index (χ1v) is 12.1. The number of benzene rings is 1. The molecule has 1 atom stereocenters. The van der Waals surface area contributed by atoms with Crippen molar-refractivity contribution in [2.45, 2.75) is 36.5 Å². The zero-order chi connectivity index (χ0) is 25.6. The van der Waals surface area contributed by atoms with Crippen LogP contribution >= 0.6 is 11.8 Å². The van der Waals surface area contributed by atoms with E-state index in [1.807, 2.05) is 13.0 Å². The lowest BCUT2D eigenvalue weighted by molar-refractivity contribution is -0.120. The predicted molar refractivity (Wildman–Crippen MR) is 132 cm³/mol. The van der Waals surface area contributed by atoms with Gasteiger partial charge in [0.25, 0.3) is 0 Å². The quantitative estimate of drug-likeness (QED) is 0.402. The van der Waals surface area contributed by atoms with Gasteiger partial charge < -0.3 is 21.1 Å². The molecule has 10 heteroatoms. The number of amides is 2. The number of aliphatic hydroxyl groups excluding tert-OH is 1. The summed E-state index contributed by atoms with van der Waals surface area (Å²) in [5.41, 5.74) is 7.07. The van der Waals surface area contributed by atoms with Crippen molar-refractivity contribution in [3.63, 3.8) is 0 Å². The summed E-state index contributed by atoms with van der Waals surface area (Å²) in [6, 6.07) is 13.2. The zero-order valence-corrected chi connectivity index (χ0v) is 20.6. The fourth-order valence-corrected chi connectivity index (χ4v) is 4.83. The lowest BCUT2D eigenvalue weighted by Crippen LogP contribution is -2.39. The fraction of sp³-hybridized carbons (Fsp3) is 0.400. The summed E-state index contributed by atoms with van der Waals surface area (Å²) in [5, 5.41) is 31.6. The van der Waals surface area contributed by atoms with Gasteiger partial charge in [0.05, 0.1) is 24.3 Å². The molecule has 1 aromatic heterocycles. The van der Waals surface area contributed by atoms with Crippen molar-refractivity contribution in [1.82, 2.24) is 10.3 Å². The van der Waals surface area contributed by atoms with E-state index in [1.54, 1.807) is 36.2 Å². The summed E-state index contributed by atoms with van der Waals surface area (Å²) in [5.74, 6) is -0.601. The lowest BCUT2D eigenvalue weighted by Gasteiger charge is -2.23. The van der Waals surface area contributed by atoms with Crippen molar-refractivity contribution >= 4 is 29.4 Å². The SMILES string of the molecule is CCc1c(C#N)c(SC(C(N)=O)c2ccccc2)nc(N(C)CC(=O)NCC2(CO)CC2)c1C#N. The number of rotatable bonds is 11. The number of anilines is 1. The van der Waals surface area contributed by atoms with Crippen molar-refractivity contribution in [2.24, 2.45) is 11.1 Å². The number of nitrogens with one attached hydrogen (secondary N) is 1. The minimum atomic E-state index is -0.789. The van der Waals surface area contributed by atoms with Crippen LogP contribution in [0.3, 0.4) is 0 Å². The number of nitriles is 2. The normalized spacial score (nSPS) is 14.3. The van der Waals surface area contributed by atoms with Gasteiger partial charge in [0.2, 0.25) is 11.8 Å². The molecule has 1 unspecified atom stereocenters. The fourth-order valence-electron chi connectivity index (χ4n) is 3.77. The van der Waals surface area contributed by atoms with Crippen LogP contribution in [0.4, 0.5) is 5.82 Å². The summed E-state index contributed by atoms with van der Waals surface area (Å²) in [7, 11) is 1.64. The minimum absolute atomic E-state index is 0.0295. The van der Waals surface area contributed by atoms with E-state index in [-0.39, 0.29) is 46.4 Å². The van der Waals surface area contributed by atoms with Gasteiger partial charge in [-0.3, -0.25) is 9.59 Å². The van der Waals surface area contributed by atoms with Crippen molar-refractivity contribution in [1.29, 1.82) is 10.5 Å². The third-order valence-corrected chi connectivity index (χ3v) is 7.37. The molecule has 2 aromatic rings. The molecule has 1 saturated carbocycles. The first-order valence-electron chi connectivity index (χ1n) is 11.3. The number of carbonyl (C=O) groups excluding carboxylic acids is 2. The van der Waals surface area contributed by atoms with Crippen LogP contribution < -0.4 is 16.0 Å². The molecule has 0 aliphatic heterocycles. The Morgan fingerprint density at radius 3 is 2.43 bits per heavy atom. The largest absolute Gasteiger partial charge is 0.396 e. The molecule has 2 amide bonds. The average Bonchev–Trinajstić information content (AvgIpc) is 3.65. The summed E-state index contributed by atoms with van der Waals surface area (Å²) < 4.78 is 0. The van der Waals surface area contributed by atoms with E-state index in [1.165, 1.54) is 0 Å². The minimum Gasteiger partial charge on any atom is -0.396 e. The summed E-state index contributed by atoms with van der Waals surface area (Å²) in [6.45, 7) is 2.18. The Morgan fingerprint density at radius 2 is 1.91 bits per heavy atom. The topological polar surface area (TPSA) is 156 Å². The highest BCUT2D eigenvalue weighted by Gasteiger charge is 2.42. The Balaban J connectivity index is 1.95. The van der Waals surface area contributed by atoms with E-state index < -0.39 is 11.2 Å². The smallest absolute Gasteiger partial charge is 0.239 e. The number of nitrogens with two attached hydrogens (primary N) is 1. The first kappa shape index (κ1) is 26.0.